The van der Waals surface area contributed by atoms with Crippen molar-refractivity contribution < 1.29 is 9.53 Å². The lowest BCUT2D eigenvalue weighted by Crippen LogP contribution is -2.50. The lowest BCUT2D eigenvalue weighted by molar-refractivity contribution is -0.134. The summed E-state index contributed by atoms with van der Waals surface area (Å²) in [6.45, 7) is 4.44. The third-order valence-corrected chi connectivity index (χ3v) is 5.23. The molecule has 2 heterocycles. The van der Waals surface area contributed by atoms with Crippen molar-refractivity contribution in [3.05, 3.63) is 29.8 Å². The van der Waals surface area contributed by atoms with Crippen molar-refractivity contribution in [2.45, 2.75) is 51.5 Å². The Balaban J connectivity index is 1.77. The number of hydrogen-bond acceptors (Lipinski definition) is 3. The number of fused-ring (bicyclic) bond motifs is 1. The summed E-state index contributed by atoms with van der Waals surface area (Å²) in [6.07, 6.45) is 6.12. The fraction of sp³-hybridized carbons (Fsp3) is 0.632. The Labute approximate surface area is 139 Å². The van der Waals surface area contributed by atoms with Crippen molar-refractivity contribution in [2.75, 3.05) is 19.7 Å². The van der Waals surface area contributed by atoms with Gasteiger partial charge in [-0.15, -0.1) is 0 Å². The van der Waals surface area contributed by atoms with Crippen LogP contribution in [0.1, 0.15) is 44.6 Å². The molecule has 1 fully saturated rings. The van der Waals surface area contributed by atoms with E-state index in [-0.39, 0.29) is 17.4 Å². The van der Waals surface area contributed by atoms with E-state index in [0.29, 0.717) is 6.61 Å². The second-order valence-corrected chi connectivity index (χ2v) is 7.03. The van der Waals surface area contributed by atoms with E-state index in [0.717, 1.165) is 57.4 Å². The maximum atomic E-state index is 12.9. The van der Waals surface area contributed by atoms with Crippen molar-refractivity contribution in [1.82, 2.24) is 10.6 Å². The van der Waals surface area contributed by atoms with Crippen molar-refractivity contribution in [3.63, 3.8) is 0 Å². The minimum atomic E-state index is -0.182. The molecule has 2 N–H and O–H groups in total. The van der Waals surface area contributed by atoms with Crippen LogP contribution in [-0.2, 0) is 11.2 Å². The van der Waals surface area contributed by atoms with Gasteiger partial charge in [0.15, 0.2) is 0 Å². The first-order chi connectivity index (χ1) is 11.2. The Kier molecular flexibility index (Phi) is 5.21. The fourth-order valence-electron chi connectivity index (χ4n) is 3.76. The Bertz CT molecular complexity index is 538. The number of para-hydroxylation sites is 1. The van der Waals surface area contributed by atoms with Gasteiger partial charge in [-0.2, -0.15) is 0 Å². The highest BCUT2D eigenvalue weighted by atomic mass is 16.5. The molecule has 1 aromatic rings. The highest BCUT2D eigenvalue weighted by molar-refractivity contribution is 5.83. The van der Waals surface area contributed by atoms with E-state index in [1.807, 2.05) is 19.1 Å². The molecule has 0 saturated carbocycles. The number of hydrogen-bond donors (Lipinski definition) is 2. The molecule has 1 saturated heterocycles. The van der Waals surface area contributed by atoms with Crippen LogP contribution in [0.25, 0.3) is 0 Å². The van der Waals surface area contributed by atoms with Gasteiger partial charge in [-0.05, 0) is 63.7 Å². The second-order valence-electron chi connectivity index (χ2n) is 7.03. The third kappa shape index (κ3) is 3.86. The quantitative estimate of drug-likeness (QED) is 0.774. The minimum absolute atomic E-state index is 0.0294. The largest absolute Gasteiger partial charge is 0.491 e. The standard InChI is InChI=1S/C19H28N2O2/c1-15-14-23-17-8-3-2-6-16(17)7-4-5-9-19(18(22)21-15)10-12-20-13-11-19/h2-3,6,8,15,20H,4-5,7,9-14H2,1H3,(H,21,22)/t15-/m0/s1. The number of piperidine rings is 1. The van der Waals surface area contributed by atoms with Crippen LogP contribution in [0.15, 0.2) is 24.3 Å². The molecule has 2 aliphatic rings. The first-order valence-electron chi connectivity index (χ1n) is 8.92. The highest BCUT2D eigenvalue weighted by Crippen LogP contribution is 2.35. The van der Waals surface area contributed by atoms with Gasteiger partial charge in [0.2, 0.25) is 5.91 Å². The van der Waals surface area contributed by atoms with Crippen LogP contribution in [0.3, 0.4) is 0 Å². The molecule has 1 amide bonds. The molecule has 0 radical (unpaired) electrons. The molecule has 23 heavy (non-hydrogen) atoms. The summed E-state index contributed by atoms with van der Waals surface area (Å²) in [5.41, 5.74) is 1.10. The molecule has 0 bridgehead atoms. The molecule has 1 aromatic carbocycles. The van der Waals surface area contributed by atoms with Crippen LogP contribution in [-0.4, -0.2) is 31.6 Å². The maximum Gasteiger partial charge on any atom is 0.226 e. The molecule has 4 nitrogen and oxygen atoms in total. The van der Waals surface area contributed by atoms with E-state index >= 15 is 0 Å². The van der Waals surface area contributed by atoms with Gasteiger partial charge >= 0.3 is 0 Å². The zero-order valence-corrected chi connectivity index (χ0v) is 14.1. The average Bonchev–Trinajstić information content (AvgIpc) is 2.57. The van der Waals surface area contributed by atoms with Crippen molar-refractivity contribution in [2.24, 2.45) is 5.41 Å². The number of aryl methyl sites for hydroxylation is 1. The Hall–Kier alpha value is -1.55. The van der Waals surface area contributed by atoms with Crippen LogP contribution in [0.4, 0.5) is 0 Å². The number of carbonyl (C=O) groups excluding carboxylic acids is 1. The normalized spacial score (nSPS) is 25.4. The SMILES string of the molecule is C[C@H]1COc2ccccc2CCCCC2(CCNCC2)C(=O)N1. The van der Waals surface area contributed by atoms with Crippen LogP contribution in [0, 0.1) is 5.41 Å². The first kappa shape index (κ1) is 16.3. The second kappa shape index (κ2) is 7.35. The van der Waals surface area contributed by atoms with E-state index < -0.39 is 0 Å². The van der Waals surface area contributed by atoms with Crippen molar-refractivity contribution in [3.8, 4) is 5.75 Å². The molecule has 0 aromatic heterocycles. The molecule has 0 aliphatic carbocycles. The van der Waals surface area contributed by atoms with Crippen molar-refractivity contribution >= 4 is 5.91 Å². The van der Waals surface area contributed by atoms with Crippen LogP contribution in [0.5, 0.6) is 5.75 Å². The number of nitrogens with one attached hydrogen (secondary N) is 2. The van der Waals surface area contributed by atoms with Gasteiger partial charge in [-0.3, -0.25) is 4.79 Å². The highest BCUT2D eigenvalue weighted by Gasteiger charge is 2.39. The number of ether oxygens (including phenoxy) is 1. The van der Waals surface area contributed by atoms with E-state index in [1.165, 1.54) is 5.56 Å². The molecule has 4 heteroatoms. The smallest absolute Gasteiger partial charge is 0.226 e. The van der Waals surface area contributed by atoms with Gasteiger partial charge in [-0.25, -0.2) is 0 Å². The van der Waals surface area contributed by atoms with Crippen LogP contribution < -0.4 is 15.4 Å². The van der Waals surface area contributed by atoms with Gasteiger partial charge in [0, 0.05) is 0 Å². The summed E-state index contributed by atoms with van der Waals surface area (Å²) < 4.78 is 5.97. The first-order valence-corrected chi connectivity index (χ1v) is 8.92. The zero-order chi connectivity index (χ0) is 16.1. The number of benzene rings is 1. The minimum Gasteiger partial charge on any atom is -0.491 e. The number of rotatable bonds is 0. The summed E-state index contributed by atoms with van der Waals surface area (Å²) in [5.74, 6) is 1.19. The summed E-state index contributed by atoms with van der Waals surface area (Å²) in [5, 5.41) is 6.58. The molecular weight excluding hydrogens is 288 g/mol. The van der Waals surface area contributed by atoms with Crippen molar-refractivity contribution in [1.29, 1.82) is 0 Å². The van der Waals surface area contributed by atoms with E-state index in [9.17, 15) is 4.79 Å². The number of carbonyl (C=O) groups is 1. The monoisotopic (exact) mass is 316 g/mol. The molecular formula is C19H28N2O2. The summed E-state index contributed by atoms with van der Waals surface area (Å²) in [4.78, 5) is 12.9. The molecule has 3 rings (SSSR count). The van der Waals surface area contributed by atoms with Crippen LogP contribution in [0.2, 0.25) is 0 Å². The molecule has 1 atom stereocenters. The Morgan fingerprint density at radius 1 is 1.13 bits per heavy atom. The molecule has 1 spiro atoms. The van der Waals surface area contributed by atoms with Gasteiger partial charge in [0.1, 0.15) is 12.4 Å². The van der Waals surface area contributed by atoms with E-state index in [1.54, 1.807) is 0 Å². The predicted octanol–water partition coefficient (Wildman–Crippen LogP) is 2.67. The molecule has 2 aliphatic heterocycles. The molecule has 0 unspecified atom stereocenters. The molecule has 126 valence electrons. The van der Waals surface area contributed by atoms with Gasteiger partial charge < -0.3 is 15.4 Å². The van der Waals surface area contributed by atoms with Crippen LogP contribution >= 0.6 is 0 Å². The topological polar surface area (TPSA) is 50.4 Å². The Morgan fingerprint density at radius 3 is 2.74 bits per heavy atom. The summed E-state index contributed by atoms with van der Waals surface area (Å²) in [6, 6.07) is 8.31. The van der Waals surface area contributed by atoms with E-state index in [4.69, 9.17) is 4.74 Å². The van der Waals surface area contributed by atoms with Gasteiger partial charge in [0.25, 0.3) is 0 Å². The lowest BCUT2D eigenvalue weighted by Gasteiger charge is -2.37. The van der Waals surface area contributed by atoms with E-state index in [2.05, 4.69) is 22.8 Å². The number of amides is 1. The van der Waals surface area contributed by atoms with Gasteiger partial charge in [0.05, 0.1) is 11.5 Å². The predicted molar refractivity (Wildman–Crippen MR) is 91.6 cm³/mol. The summed E-state index contributed by atoms with van der Waals surface area (Å²) in [7, 11) is 0. The third-order valence-electron chi connectivity index (χ3n) is 5.23. The average molecular weight is 316 g/mol. The lowest BCUT2D eigenvalue weighted by atomic mass is 9.73. The van der Waals surface area contributed by atoms with Gasteiger partial charge in [-0.1, -0.05) is 24.6 Å². The fourth-order valence-corrected chi connectivity index (χ4v) is 3.76. The summed E-state index contributed by atoms with van der Waals surface area (Å²) >= 11 is 0. The Morgan fingerprint density at radius 2 is 1.91 bits per heavy atom. The maximum absolute atomic E-state index is 12.9. The zero-order valence-electron chi connectivity index (χ0n) is 14.1.